The number of aryl methyl sites for hydroxylation is 1. The molecule has 0 fully saturated rings. The van der Waals surface area contributed by atoms with E-state index in [1.54, 1.807) is 0 Å². The molecule has 2 rings (SSSR count). The second-order valence-corrected chi connectivity index (χ2v) is 7.23. The molecule has 0 saturated carbocycles. The van der Waals surface area contributed by atoms with Gasteiger partial charge in [-0.25, -0.2) is 4.79 Å². The van der Waals surface area contributed by atoms with E-state index in [-0.39, 0.29) is 6.42 Å². The van der Waals surface area contributed by atoms with E-state index in [0.29, 0.717) is 24.8 Å². The first-order valence-electron chi connectivity index (χ1n) is 9.66. The molecule has 0 radical (unpaired) electrons. The van der Waals surface area contributed by atoms with Gasteiger partial charge in [-0.3, -0.25) is 14.4 Å². The number of aliphatic carboxylic acids is 1. The molecule has 0 saturated heterocycles. The molecule has 1 aliphatic carbocycles. The molecule has 30 heavy (non-hydrogen) atoms. The number of ether oxygens (including phenoxy) is 3. The third kappa shape index (κ3) is 6.17. The Balaban J connectivity index is 2.38. The highest BCUT2D eigenvalue weighted by Gasteiger charge is 2.51. The molecule has 0 spiro atoms. The van der Waals surface area contributed by atoms with Crippen molar-refractivity contribution in [3.05, 3.63) is 47.5 Å². The minimum Gasteiger partial charge on any atom is -0.478 e. The zero-order valence-corrected chi connectivity index (χ0v) is 17.3. The second-order valence-electron chi connectivity index (χ2n) is 7.23. The topological polar surface area (TPSA) is 116 Å². The Morgan fingerprint density at radius 1 is 0.967 bits per heavy atom. The van der Waals surface area contributed by atoms with Crippen LogP contribution in [-0.2, 0) is 39.8 Å². The van der Waals surface area contributed by atoms with E-state index in [0.717, 1.165) is 12.5 Å². The lowest BCUT2D eigenvalue weighted by atomic mass is 9.80. The zero-order chi connectivity index (χ0) is 22.3. The molecule has 1 N–H and O–H groups in total. The summed E-state index contributed by atoms with van der Waals surface area (Å²) in [4.78, 5) is 46.9. The minimum absolute atomic E-state index is 0.359. The van der Waals surface area contributed by atoms with Crippen LogP contribution in [0.5, 0.6) is 0 Å². The van der Waals surface area contributed by atoms with Crippen LogP contribution >= 0.6 is 0 Å². The van der Waals surface area contributed by atoms with E-state index < -0.39 is 41.7 Å². The highest BCUT2D eigenvalue weighted by atomic mass is 16.6. The number of benzene rings is 1. The number of carbonyl (C=O) groups excluding carboxylic acids is 3. The molecule has 8 heteroatoms. The van der Waals surface area contributed by atoms with E-state index in [1.807, 2.05) is 30.3 Å². The van der Waals surface area contributed by atoms with Gasteiger partial charge in [0.2, 0.25) is 5.60 Å². The van der Waals surface area contributed by atoms with Crippen molar-refractivity contribution in [2.75, 3.05) is 0 Å². The quantitative estimate of drug-likeness (QED) is 0.389. The van der Waals surface area contributed by atoms with Gasteiger partial charge in [0.25, 0.3) is 0 Å². The average molecular weight is 418 g/mol. The Morgan fingerprint density at radius 2 is 1.60 bits per heavy atom. The second kappa shape index (κ2) is 10.0. The average Bonchev–Trinajstić information content (AvgIpc) is 2.64. The summed E-state index contributed by atoms with van der Waals surface area (Å²) >= 11 is 0. The molecule has 1 aromatic carbocycles. The van der Waals surface area contributed by atoms with Crippen LogP contribution in [0.3, 0.4) is 0 Å². The molecule has 3 atom stereocenters. The van der Waals surface area contributed by atoms with Gasteiger partial charge in [-0.05, 0) is 36.5 Å². The summed E-state index contributed by atoms with van der Waals surface area (Å²) in [6.07, 6.45) is 0.592. The summed E-state index contributed by atoms with van der Waals surface area (Å²) in [6, 6.07) is 9.70. The molecule has 162 valence electrons. The van der Waals surface area contributed by atoms with Crippen molar-refractivity contribution in [2.45, 2.75) is 64.3 Å². The lowest BCUT2D eigenvalue weighted by molar-refractivity contribution is -0.184. The lowest BCUT2D eigenvalue weighted by Crippen LogP contribution is -2.52. The molecule has 0 heterocycles. The standard InChI is InChI=1S/C22H26O8/c1-14(23)28-19-13-22(21(26)27,30-16(3)25)12-18(20(19)29-15(2)24)11-7-10-17-8-5-4-6-9-17/h4-6,8-9,12,19-20H,7,10-11,13H2,1-3H3,(H,26,27)/t19?,20-,22+/m1/s1. The molecule has 0 aromatic heterocycles. The third-order valence-electron chi connectivity index (χ3n) is 4.70. The summed E-state index contributed by atoms with van der Waals surface area (Å²) in [5, 5.41) is 9.81. The van der Waals surface area contributed by atoms with Crippen molar-refractivity contribution in [3.63, 3.8) is 0 Å². The van der Waals surface area contributed by atoms with E-state index in [9.17, 15) is 24.3 Å². The van der Waals surface area contributed by atoms with Gasteiger partial charge in [0, 0.05) is 27.2 Å². The fourth-order valence-corrected chi connectivity index (χ4v) is 3.61. The Labute approximate surface area is 174 Å². The number of hydrogen-bond donors (Lipinski definition) is 1. The molecule has 0 amide bonds. The number of carboxylic acid groups (broad SMARTS) is 1. The van der Waals surface area contributed by atoms with Crippen LogP contribution < -0.4 is 0 Å². The van der Waals surface area contributed by atoms with E-state index in [1.165, 1.54) is 19.9 Å². The summed E-state index contributed by atoms with van der Waals surface area (Å²) in [5.41, 5.74) is -0.480. The minimum atomic E-state index is -2.01. The largest absolute Gasteiger partial charge is 0.478 e. The van der Waals surface area contributed by atoms with Crippen LogP contribution in [0.15, 0.2) is 42.0 Å². The molecular weight excluding hydrogens is 392 g/mol. The summed E-state index contributed by atoms with van der Waals surface area (Å²) in [6.45, 7) is 3.50. The van der Waals surface area contributed by atoms with Gasteiger partial charge >= 0.3 is 23.9 Å². The molecule has 0 bridgehead atoms. The van der Waals surface area contributed by atoms with Gasteiger partial charge in [0.05, 0.1) is 0 Å². The molecular formula is C22H26O8. The first kappa shape index (κ1) is 23.1. The van der Waals surface area contributed by atoms with Crippen molar-refractivity contribution in [3.8, 4) is 0 Å². The number of hydrogen-bond acceptors (Lipinski definition) is 7. The fraction of sp³-hybridized carbons (Fsp3) is 0.455. The highest BCUT2D eigenvalue weighted by Crippen LogP contribution is 2.36. The maximum absolute atomic E-state index is 12.0. The van der Waals surface area contributed by atoms with Crippen molar-refractivity contribution >= 4 is 23.9 Å². The van der Waals surface area contributed by atoms with Crippen LogP contribution in [0.4, 0.5) is 0 Å². The molecule has 8 nitrogen and oxygen atoms in total. The fourth-order valence-electron chi connectivity index (χ4n) is 3.61. The van der Waals surface area contributed by atoms with Gasteiger partial charge in [-0.2, -0.15) is 0 Å². The Hall–Kier alpha value is -3.16. The predicted octanol–water partition coefficient (Wildman–Crippen LogP) is 2.59. The number of rotatable bonds is 8. The van der Waals surface area contributed by atoms with Crippen molar-refractivity contribution in [2.24, 2.45) is 0 Å². The molecule has 1 unspecified atom stereocenters. The monoisotopic (exact) mass is 418 g/mol. The zero-order valence-electron chi connectivity index (χ0n) is 17.3. The molecule has 0 aliphatic heterocycles. The van der Waals surface area contributed by atoms with Crippen LogP contribution in [0.1, 0.15) is 45.6 Å². The summed E-state index contributed by atoms with van der Waals surface area (Å²) in [5.74, 6) is -3.44. The third-order valence-corrected chi connectivity index (χ3v) is 4.70. The number of carboxylic acids is 1. The van der Waals surface area contributed by atoms with Crippen LogP contribution in [0, 0.1) is 0 Å². The summed E-state index contributed by atoms with van der Waals surface area (Å²) in [7, 11) is 0. The smallest absolute Gasteiger partial charge is 0.352 e. The normalized spacial score (nSPS) is 23.1. The predicted molar refractivity (Wildman–Crippen MR) is 105 cm³/mol. The maximum Gasteiger partial charge on any atom is 0.352 e. The first-order valence-corrected chi connectivity index (χ1v) is 9.66. The maximum atomic E-state index is 12.0. The SMILES string of the molecule is CC(=O)OC1C[C@](OC(C)=O)(C(=O)O)C=C(CCCc2ccccc2)[C@H]1OC(C)=O. The Kier molecular flexibility index (Phi) is 7.74. The van der Waals surface area contributed by atoms with E-state index in [4.69, 9.17) is 14.2 Å². The molecule has 1 aliphatic rings. The number of carbonyl (C=O) groups is 4. The van der Waals surface area contributed by atoms with Crippen molar-refractivity contribution < 1.29 is 38.5 Å². The lowest BCUT2D eigenvalue weighted by Gasteiger charge is -2.39. The van der Waals surface area contributed by atoms with Crippen molar-refractivity contribution in [1.82, 2.24) is 0 Å². The Bertz CT molecular complexity index is 829. The highest BCUT2D eigenvalue weighted by molar-refractivity contribution is 5.84. The van der Waals surface area contributed by atoms with Gasteiger partial charge < -0.3 is 19.3 Å². The van der Waals surface area contributed by atoms with Gasteiger partial charge in [0.1, 0.15) is 6.10 Å². The van der Waals surface area contributed by atoms with E-state index in [2.05, 4.69) is 0 Å². The van der Waals surface area contributed by atoms with Gasteiger partial charge in [0.15, 0.2) is 6.10 Å². The van der Waals surface area contributed by atoms with Crippen molar-refractivity contribution in [1.29, 1.82) is 0 Å². The van der Waals surface area contributed by atoms with Crippen LogP contribution in [0.25, 0.3) is 0 Å². The first-order chi connectivity index (χ1) is 14.1. The van der Waals surface area contributed by atoms with Gasteiger partial charge in [-0.15, -0.1) is 0 Å². The molecule has 1 aromatic rings. The van der Waals surface area contributed by atoms with Crippen LogP contribution in [-0.4, -0.2) is 46.8 Å². The Morgan fingerprint density at radius 3 is 2.13 bits per heavy atom. The number of esters is 3. The van der Waals surface area contributed by atoms with Gasteiger partial charge in [-0.1, -0.05) is 30.3 Å². The van der Waals surface area contributed by atoms with Crippen LogP contribution in [0.2, 0.25) is 0 Å². The van der Waals surface area contributed by atoms with E-state index >= 15 is 0 Å². The summed E-state index contributed by atoms with van der Waals surface area (Å²) < 4.78 is 15.8.